The van der Waals surface area contributed by atoms with Crippen LogP contribution in [0.1, 0.15) is 41.0 Å². The van der Waals surface area contributed by atoms with Gasteiger partial charge in [-0.2, -0.15) is 0 Å². The number of methoxy groups -OCH3 is 1. The van der Waals surface area contributed by atoms with E-state index in [9.17, 15) is 24.3 Å². The molecular formula is C35H24O11. The quantitative estimate of drug-likeness (QED) is 0.189. The van der Waals surface area contributed by atoms with E-state index in [1.807, 2.05) is 0 Å². The maximum absolute atomic E-state index is 13.5. The van der Waals surface area contributed by atoms with Crippen LogP contribution in [-0.4, -0.2) is 18.2 Å². The van der Waals surface area contributed by atoms with Gasteiger partial charge in [0.1, 0.15) is 17.1 Å². The van der Waals surface area contributed by atoms with Crippen LogP contribution in [0.2, 0.25) is 0 Å². The Labute approximate surface area is 258 Å². The lowest BCUT2D eigenvalue weighted by Gasteiger charge is -2.27. The van der Waals surface area contributed by atoms with E-state index in [-0.39, 0.29) is 35.5 Å². The fraction of sp³-hybridized carbons (Fsp3) is 0.143. The lowest BCUT2D eigenvalue weighted by Crippen LogP contribution is -2.22. The molecule has 1 aliphatic rings. The van der Waals surface area contributed by atoms with E-state index in [0.717, 1.165) is 5.56 Å². The van der Waals surface area contributed by atoms with Gasteiger partial charge in [-0.3, -0.25) is 4.79 Å². The molecule has 0 spiro atoms. The van der Waals surface area contributed by atoms with Gasteiger partial charge in [0.25, 0.3) is 6.29 Å². The molecule has 3 aromatic heterocycles. The molecule has 4 heterocycles. The van der Waals surface area contributed by atoms with Crippen molar-refractivity contribution < 1.29 is 37.4 Å². The predicted octanol–water partition coefficient (Wildman–Crippen LogP) is 5.37. The second-order valence-electron chi connectivity index (χ2n) is 10.8. The highest BCUT2D eigenvalue weighted by Gasteiger charge is 2.32. The molecule has 230 valence electrons. The van der Waals surface area contributed by atoms with Gasteiger partial charge >= 0.3 is 22.8 Å². The van der Waals surface area contributed by atoms with Crippen LogP contribution in [-0.2, 0) is 22.4 Å². The van der Waals surface area contributed by atoms with E-state index < -0.39 is 29.1 Å². The Hall–Kier alpha value is -6.10. The third-order valence-electron chi connectivity index (χ3n) is 7.73. The van der Waals surface area contributed by atoms with Crippen molar-refractivity contribution >= 4 is 27.9 Å². The van der Waals surface area contributed by atoms with Gasteiger partial charge in [-0.1, -0.05) is 18.2 Å². The third kappa shape index (κ3) is 5.17. The maximum Gasteiger partial charge on any atom is 0.339 e. The molecule has 1 atom stereocenters. The minimum absolute atomic E-state index is 0.00107. The smallest absolute Gasteiger partial charge is 0.339 e. The number of phenolic OH excluding ortho intramolecular Hbond substituents is 1. The number of fused-ring (bicyclic) bond motifs is 5. The van der Waals surface area contributed by atoms with Gasteiger partial charge in [-0.25, -0.2) is 14.4 Å². The Balaban J connectivity index is 1.32. The summed E-state index contributed by atoms with van der Waals surface area (Å²) in [4.78, 5) is 50.2. The van der Waals surface area contributed by atoms with Crippen LogP contribution in [0.5, 0.6) is 17.2 Å². The molecule has 0 amide bonds. The fourth-order valence-corrected chi connectivity index (χ4v) is 5.74. The monoisotopic (exact) mass is 620 g/mol. The van der Waals surface area contributed by atoms with Crippen molar-refractivity contribution in [3.63, 3.8) is 0 Å². The maximum atomic E-state index is 13.5. The van der Waals surface area contributed by atoms with Gasteiger partial charge in [0.15, 0.2) is 17.1 Å². The second-order valence-corrected chi connectivity index (χ2v) is 10.8. The molecule has 0 fully saturated rings. The number of carbonyl (C=O) groups is 1. The van der Waals surface area contributed by atoms with Crippen LogP contribution in [0.25, 0.3) is 33.3 Å². The Morgan fingerprint density at radius 3 is 2.39 bits per heavy atom. The molecule has 0 radical (unpaired) electrons. The highest BCUT2D eigenvalue weighted by Crippen LogP contribution is 2.43. The van der Waals surface area contributed by atoms with Crippen molar-refractivity contribution in [2.75, 3.05) is 7.11 Å². The van der Waals surface area contributed by atoms with Crippen molar-refractivity contribution in [2.24, 2.45) is 0 Å². The zero-order chi connectivity index (χ0) is 32.1. The van der Waals surface area contributed by atoms with Crippen LogP contribution < -0.4 is 26.4 Å². The van der Waals surface area contributed by atoms with Crippen LogP contribution in [0.3, 0.4) is 0 Å². The average Bonchev–Trinajstić information content (AvgIpc) is 3.01. The van der Waals surface area contributed by atoms with E-state index in [2.05, 4.69) is 0 Å². The van der Waals surface area contributed by atoms with Crippen molar-refractivity contribution in [3.05, 3.63) is 132 Å². The number of hydrogen-bond donors (Lipinski definition) is 1. The van der Waals surface area contributed by atoms with E-state index in [1.54, 1.807) is 42.5 Å². The number of rotatable bonds is 6. The number of para-hydroxylation sites is 1. The van der Waals surface area contributed by atoms with Gasteiger partial charge in [-0.05, 0) is 65.6 Å². The number of benzene rings is 3. The normalized spacial score (nSPS) is 13.6. The summed E-state index contributed by atoms with van der Waals surface area (Å²) in [6.45, 7) is 1.24. The first-order valence-corrected chi connectivity index (χ1v) is 14.2. The number of phenols is 1. The molecule has 1 aliphatic heterocycles. The van der Waals surface area contributed by atoms with E-state index in [1.165, 1.54) is 44.4 Å². The molecule has 0 aliphatic carbocycles. The molecule has 7 rings (SSSR count). The SMILES string of the molecule is COc1cccc2c(Cc3cc4c(oc3=O)-c3cc(Cc5cc(=O)oc6ccc(O)cc56)ccc3OC4OC(C)=O)cc(=O)oc12. The first kappa shape index (κ1) is 28.7. The molecule has 3 aromatic carbocycles. The van der Waals surface area contributed by atoms with Crippen molar-refractivity contribution in [1.82, 2.24) is 0 Å². The van der Waals surface area contributed by atoms with Crippen LogP contribution in [0.15, 0.2) is 100 Å². The Morgan fingerprint density at radius 1 is 0.826 bits per heavy atom. The lowest BCUT2D eigenvalue weighted by molar-refractivity contribution is -0.162. The molecule has 11 heteroatoms. The number of aromatic hydroxyl groups is 1. The first-order chi connectivity index (χ1) is 22.2. The average molecular weight is 621 g/mol. The number of esters is 1. The molecular weight excluding hydrogens is 596 g/mol. The lowest BCUT2D eigenvalue weighted by atomic mass is 9.95. The Bertz CT molecular complexity index is 2380. The summed E-state index contributed by atoms with van der Waals surface area (Å²) < 4.78 is 33.4. The summed E-state index contributed by atoms with van der Waals surface area (Å²) in [7, 11) is 1.46. The standard InChI is InChI=1S/C35H24O11/c1-17(36)42-35-26-13-21(12-20-15-31(39)45-33-23(20)4-3-5-29(33)41-2)34(40)46-32(26)25-11-18(6-8-28(25)44-35)10-19-14-30(38)43-27-9-7-22(37)16-24(19)27/h3-9,11,13-16,35,37H,10,12H2,1-2H3. The van der Waals surface area contributed by atoms with E-state index in [0.29, 0.717) is 50.1 Å². The number of ether oxygens (including phenoxy) is 3. The fourth-order valence-electron chi connectivity index (χ4n) is 5.74. The Kier molecular flexibility index (Phi) is 6.93. The zero-order valence-electron chi connectivity index (χ0n) is 24.4. The van der Waals surface area contributed by atoms with Gasteiger partial charge in [0.05, 0.1) is 18.2 Å². The summed E-state index contributed by atoms with van der Waals surface area (Å²) in [5.41, 5.74) is 1.55. The van der Waals surface area contributed by atoms with Crippen molar-refractivity contribution in [3.8, 4) is 28.6 Å². The molecule has 1 unspecified atom stereocenters. The second kappa shape index (κ2) is 11.1. The Morgan fingerprint density at radius 2 is 1.61 bits per heavy atom. The summed E-state index contributed by atoms with van der Waals surface area (Å²) in [6, 6.07) is 19.0. The third-order valence-corrected chi connectivity index (χ3v) is 7.73. The molecule has 11 nitrogen and oxygen atoms in total. The van der Waals surface area contributed by atoms with E-state index >= 15 is 0 Å². The van der Waals surface area contributed by atoms with Crippen LogP contribution in [0.4, 0.5) is 0 Å². The minimum Gasteiger partial charge on any atom is -0.508 e. The van der Waals surface area contributed by atoms with Gasteiger partial charge in [-0.15, -0.1) is 0 Å². The summed E-state index contributed by atoms with van der Waals surface area (Å²) in [5, 5.41) is 11.2. The highest BCUT2D eigenvalue weighted by molar-refractivity contribution is 5.86. The molecule has 0 saturated carbocycles. The highest BCUT2D eigenvalue weighted by atomic mass is 16.7. The molecule has 46 heavy (non-hydrogen) atoms. The minimum atomic E-state index is -1.21. The van der Waals surface area contributed by atoms with Gasteiger partial charge in [0.2, 0.25) is 0 Å². The summed E-state index contributed by atoms with van der Waals surface area (Å²) in [6.07, 6.45) is -0.935. The topological polar surface area (TPSA) is 156 Å². The molecule has 1 N–H and O–H groups in total. The molecule has 0 saturated heterocycles. The van der Waals surface area contributed by atoms with E-state index in [4.69, 9.17) is 27.5 Å². The van der Waals surface area contributed by atoms with Crippen molar-refractivity contribution in [2.45, 2.75) is 26.1 Å². The van der Waals surface area contributed by atoms with Crippen molar-refractivity contribution in [1.29, 1.82) is 0 Å². The number of hydrogen-bond acceptors (Lipinski definition) is 11. The first-order valence-electron chi connectivity index (χ1n) is 14.2. The summed E-state index contributed by atoms with van der Waals surface area (Å²) >= 11 is 0. The van der Waals surface area contributed by atoms with Crippen LogP contribution in [0, 0.1) is 0 Å². The largest absolute Gasteiger partial charge is 0.508 e. The zero-order valence-corrected chi connectivity index (χ0v) is 24.4. The number of carbonyl (C=O) groups excluding carboxylic acids is 1. The van der Waals surface area contributed by atoms with Gasteiger partial charge in [0, 0.05) is 41.8 Å². The van der Waals surface area contributed by atoms with Gasteiger partial charge < -0.3 is 32.6 Å². The molecule has 6 aromatic rings. The van der Waals surface area contributed by atoms with Crippen LogP contribution >= 0.6 is 0 Å². The molecule has 0 bridgehead atoms. The summed E-state index contributed by atoms with van der Waals surface area (Å²) in [5.74, 6) is 0.240. The predicted molar refractivity (Wildman–Crippen MR) is 164 cm³/mol.